The van der Waals surface area contributed by atoms with Crippen molar-refractivity contribution in [3.63, 3.8) is 0 Å². The SMILES string of the molecule is CCc1oc2ccc(C)cc2c1/C(=N/O)c1cc(C)c(O)c(C)c1. The van der Waals surface area contributed by atoms with E-state index in [9.17, 15) is 10.3 Å². The van der Waals surface area contributed by atoms with E-state index in [1.165, 1.54) is 0 Å². The maximum absolute atomic E-state index is 10.0. The Bertz CT molecular complexity index is 928. The summed E-state index contributed by atoms with van der Waals surface area (Å²) < 4.78 is 5.95. The predicted octanol–water partition coefficient (Wildman–Crippen LogP) is 4.85. The van der Waals surface area contributed by atoms with Crippen LogP contribution < -0.4 is 0 Å². The Morgan fingerprint density at radius 1 is 1.08 bits per heavy atom. The number of aryl methyl sites for hydroxylation is 4. The molecule has 3 aromatic rings. The Kier molecular flexibility index (Phi) is 4.06. The summed E-state index contributed by atoms with van der Waals surface area (Å²) in [5.74, 6) is 1.05. The van der Waals surface area contributed by atoms with Crippen molar-refractivity contribution >= 4 is 16.7 Å². The van der Waals surface area contributed by atoms with Gasteiger partial charge in [0, 0.05) is 17.4 Å². The van der Waals surface area contributed by atoms with Crippen molar-refractivity contribution in [3.8, 4) is 5.75 Å². The lowest BCUT2D eigenvalue weighted by Crippen LogP contribution is -2.06. The van der Waals surface area contributed by atoms with Gasteiger partial charge in [-0.3, -0.25) is 0 Å². The molecule has 0 aliphatic rings. The molecule has 1 heterocycles. The number of hydrogen-bond acceptors (Lipinski definition) is 4. The van der Waals surface area contributed by atoms with E-state index in [0.29, 0.717) is 12.1 Å². The number of benzene rings is 2. The van der Waals surface area contributed by atoms with Gasteiger partial charge < -0.3 is 14.7 Å². The van der Waals surface area contributed by atoms with Gasteiger partial charge in [0.25, 0.3) is 0 Å². The molecular weight excluding hydrogens is 302 g/mol. The third-order valence-electron chi connectivity index (χ3n) is 4.34. The molecule has 0 unspecified atom stereocenters. The number of nitrogens with zero attached hydrogens (tertiary/aromatic N) is 1. The molecule has 4 nitrogen and oxygen atoms in total. The van der Waals surface area contributed by atoms with Crippen molar-refractivity contribution in [1.82, 2.24) is 0 Å². The third-order valence-corrected chi connectivity index (χ3v) is 4.34. The Morgan fingerprint density at radius 3 is 2.33 bits per heavy atom. The van der Waals surface area contributed by atoms with E-state index in [4.69, 9.17) is 4.42 Å². The van der Waals surface area contributed by atoms with E-state index in [2.05, 4.69) is 5.16 Å². The molecule has 124 valence electrons. The fraction of sp³-hybridized carbons (Fsp3) is 0.250. The van der Waals surface area contributed by atoms with Crippen LogP contribution in [0.15, 0.2) is 39.9 Å². The molecule has 0 bridgehead atoms. The minimum Gasteiger partial charge on any atom is -0.507 e. The summed E-state index contributed by atoms with van der Waals surface area (Å²) in [6, 6.07) is 9.63. The largest absolute Gasteiger partial charge is 0.507 e. The molecule has 0 atom stereocenters. The summed E-state index contributed by atoms with van der Waals surface area (Å²) in [5, 5.41) is 24.2. The number of phenolic OH excluding ortho intramolecular Hbond substituents is 1. The fourth-order valence-corrected chi connectivity index (χ4v) is 3.12. The predicted molar refractivity (Wildman–Crippen MR) is 95.3 cm³/mol. The molecule has 0 spiro atoms. The van der Waals surface area contributed by atoms with Crippen molar-refractivity contribution in [2.45, 2.75) is 34.1 Å². The van der Waals surface area contributed by atoms with Crippen molar-refractivity contribution in [2.75, 3.05) is 0 Å². The van der Waals surface area contributed by atoms with Crippen molar-refractivity contribution in [2.24, 2.45) is 5.16 Å². The Labute approximate surface area is 141 Å². The second-order valence-electron chi connectivity index (χ2n) is 6.16. The number of oxime groups is 1. The van der Waals surface area contributed by atoms with Crippen LogP contribution in [0.4, 0.5) is 0 Å². The van der Waals surface area contributed by atoms with E-state index >= 15 is 0 Å². The van der Waals surface area contributed by atoms with Gasteiger partial charge in [-0.1, -0.05) is 23.7 Å². The highest BCUT2D eigenvalue weighted by atomic mass is 16.4. The summed E-state index contributed by atoms with van der Waals surface area (Å²) in [5.41, 5.74) is 5.40. The molecule has 24 heavy (non-hydrogen) atoms. The second-order valence-corrected chi connectivity index (χ2v) is 6.16. The summed E-state index contributed by atoms with van der Waals surface area (Å²) in [6.07, 6.45) is 0.693. The molecular formula is C20H21NO3. The normalized spacial score (nSPS) is 12.1. The van der Waals surface area contributed by atoms with Crippen molar-refractivity contribution in [1.29, 1.82) is 0 Å². The molecule has 1 aromatic heterocycles. The molecule has 0 saturated carbocycles. The number of fused-ring (bicyclic) bond motifs is 1. The minimum absolute atomic E-state index is 0.264. The summed E-state index contributed by atoms with van der Waals surface area (Å²) in [4.78, 5) is 0. The van der Waals surface area contributed by atoms with E-state index in [1.807, 2.05) is 58.0 Å². The quantitative estimate of drug-likeness (QED) is 0.411. The number of aromatic hydroxyl groups is 1. The van der Waals surface area contributed by atoms with E-state index in [-0.39, 0.29) is 5.75 Å². The molecule has 2 N–H and O–H groups in total. The van der Waals surface area contributed by atoms with Crippen LogP contribution in [0.5, 0.6) is 5.75 Å². The van der Waals surface area contributed by atoms with Gasteiger partial charge in [0.2, 0.25) is 0 Å². The average molecular weight is 323 g/mol. The Morgan fingerprint density at radius 2 is 1.75 bits per heavy atom. The molecule has 0 radical (unpaired) electrons. The highest BCUT2D eigenvalue weighted by Crippen LogP contribution is 2.32. The van der Waals surface area contributed by atoms with Crippen LogP contribution in [-0.4, -0.2) is 16.0 Å². The summed E-state index contributed by atoms with van der Waals surface area (Å²) in [6.45, 7) is 7.70. The number of phenols is 1. The van der Waals surface area contributed by atoms with Crippen LogP contribution >= 0.6 is 0 Å². The zero-order chi connectivity index (χ0) is 17.4. The van der Waals surface area contributed by atoms with E-state index < -0.39 is 0 Å². The topological polar surface area (TPSA) is 66.0 Å². The third kappa shape index (κ3) is 2.54. The first-order valence-electron chi connectivity index (χ1n) is 8.01. The molecule has 0 aliphatic heterocycles. The van der Waals surface area contributed by atoms with E-state index in [0.717, 1.165) is 44.5 Å². The first-order valence-corrected chi connectivity index (χ1v) is 8.01. The van der Waals surface area contributed by atoms with Gasteiger partial charge >= 0.3 is 0 Å². The molecule has 0 fully saturated rings. The van der Waals surface area contributed by atoms with Gasteiger partial charge in [-0.05, 0) is 56.2 Å². The average Bonchev–Trinajstić information content (AvgIpc) is 2.91. The van der Waals surface area contributed by atoms with Gasteiger partial charge in [-0.25, -0.2) is 0 Å². The minimum atomic E-state index is 0.264. The van der Waals surface area contributed by atoms with Gasteiger partial charge in [0.15, 0.2) is 0 Å². The molecule has 2 aromatic carbocycles. The van der Waals surface area contributed by atoms with Crippen LogP contribution in [-0.2, 0) is 6.42 Å². The second kappa shape index (κ2) is 6.04. The standard InChI is InChI=1S/C20H21NO3/c1-5-16-18(15-8-11(2)6-7-17(15)24-16)19(21-23)14-9-12(3)20(22)13(4)10-14/h6-10,22-23H,5H2,1-4H3/b21-19+. The summed E-state index contributed by atoms with van der Waals surface area (Å²) in [7, 11) is 0. The van der Waals surface area contributed by atoms with Gasteiger partial charge in [-0.15, -0.1) is 0 Å². The smallest absolute Gasteiger partial charge is 0.135 e. The van der Waals surface area contributed by atoms with Crippen molar-refractivity contribution in [3.05, 3.63) is 63.9 Å². The van der Waals surface area contributed by atoms with Gasteiger partial charge in [0.05, 0.1) is 5.56 Å². The van der Waals surface area contributed by atoms with Crippen LogP contribution in [0.2, 0.25) is 0 Å². The van der Waals surface area contributed by atoms with Crippen LogP contribution in [0.1, 0.15) is 40.5 Å². The first kappa shape index (κ1) is 16.1. The lowest BCUT2D eigenvalue weighted by atomic mass is 9.95. The molecule has 3 rings (SSSR count). The first-order chi connectivity index (χ1) is 11.5. The van der Waals surface area contributed by atoms with Crippen LogP contribution in [0.25, 0.3) is 11.0 Å². The Hall–Kier alpha value is -2.75. The molecule has 0 saturated heterocycles. The number of rotatable bonds is 3. The van der Waals surface area contributed by atoms with E-state index in [1.54, 1.807) is 0 Å². The Balaban J connectivity index is 2.30. The lowest BCUT2D eigenvalue weighted by Gasteiger charge is -2.10. The number of hydrogen-bond donors (Lipinski definition) is 2. The zero-order valence-electron chi connectivity index (χ0n) is 14.3. The maximum Gasteiger partial charge on any atom is 0.135 e. The highest BCUT2D eigenvalue weighted by molar-refractivity contribution is 6.19. The zero-order valence-corrected chi connectivity index (χ0v) is 14.3. The monoisotopic (exact) mass is 323 g/mol. The van der Waals surface area contributed by atoms with Crippen LogP contribution in [0, 0.1) is 20.8 Å². The van der Waals surface area contributed by atoms with Gasteiger partial charge in [0.1, 0.15) is 22.8 Å². The molecule has 4 heteroatoms. The fourth-order valence-electron chi connectivity index (χ4n) is 3.12. The van der Waals surface area contributed by atoms with Crippen molar-refractivity contribution < 1.29 is 14.7 Å². The molecule has 0 aliphatic carbocycles. The summed E-state index contributed by atoms with van der Waals surface area (Å²) >= 11 is 0. The maximum atomic E-state index is 10.0. The van der Waals surface area contributed by atoms with Crippen LogP contribution in [0.3, 0.4) is 0 Å². The highest BCUT2D eigenvalue weighted by Gasteiger charge is 2.21. The van der Waals surface area contributed by atoms with Gasteiger partial charge in [-0.2, -0.15) is 0 Å². The number of furan rings is 1. The lowest BCUT2D eigenvalue weighted by molar-refractivity contribution is 0.319. The molecule has 0 amide bonds.